The van der Waals surface area contributed by atoms with Crippen molar-refractivity contribution in [2.75, 3.05) is 25.6 Å². The first kappa shape index (κ1) is 19.3. The Kier molecular flexibility index (Phi) is 6.40. The third-order valence-corrected chi connectivity index (χ3v) is 5.63. The van der Waals surface area contributed by atoms with Crippen LogP contribution in [0.15, 0.2) is 70.1 Å². The maximum absolute atomic E-state index is 5.27. The van der Waals surface area contributed by atoms with Gasteiger partial charge in [-0.25, -0.2) is 0 Å². The highest BCUT2D eigenvalue weighted by atomic mass is 32.2. The molecule has 5 nitrogen and oxygen atoms in total. The quantitative estimate of drug-likeness (QED) is 0.592. The summed E-state index contributed by atoms with van der Waals surface area (Å²) in [7, 11) is 3.64. The molecule has 0 radical (unpaired) electrons. The van der Waals surface area contributed by atoms with Gasteiger partial charge in [-0.1, -0.05) is 30.3 Å². The fourth-order valence-electron chi connectivity index (χ4n) is 2.90. The molecule has 0 amide bonds. The normalized spacial score (nSPS) is 16.7. The van der Waals surface area contributed by atoms with Gasteiger partial charge < -0.3 is 14.5 Å². The number of hydrogen-bond donors (Lipinski definition) is 0. The fraction of sp³-hybridized carbons (Fsp3) is 0.333. The Labute approximate surface area is 165 Å². The number of hydrogen-bond acceptors (Lipinski definition) is 6. The van der Waals surface area contributed by atoms with Crippen LogP contribution in [0.1, 0.15) is 18.1 Å². The number of thioether (sulfide) groups is 1. The van der Waals surface area contributed by atoms with Crippen molar-refractivity contribution < 1.29 is 4.74 Å². The molecule has 0 saturated heterocycles. The molecule has 1 aliphatic heterocycles. The van der Waals surface area contributed by atoms with E-state index in [1.54, 1.807) is 18.9 Å². The SMILES string of the molecule is CCN(Cc1ccccc1)c1ccc(N=NC2SC(OC)=CN2C)c(C)c1. The minimum atomic E-state index is -0.0794. The predicted octanol–water partition coefficient (Wildman–Crippen LogP) is 5.51. The Morgan fingerprint density at radius 2 is 1.96 bits per heavy atom. The van der Waals surface area contributed by atoms with E-state index in [2.05, 4.69) is 71.4 Å². The van der Waals surface area contributed by atoms with Crippen LogP contribution < -0.4 is 4.90 Å². The minimum absolute atomic E-state index is 0.0794. The van der Waals surface area contributed by atoms with E-state index in [0.717, 1.165) is 29.4 Å². The summed E-state index contributed by atoms with van der Waals surface area (Å²) in [6, 6.07) is 16.9. The van der Waals surface area contributed by atoms with E-state index in [4.69, 9.17) is 4.74 Å². The lowest BCUT2D eigenvalue weighted by atomic mass is 10.1. The molecule has 1 heterocycles. The van der Waals surface area contributed by atoms with Crippen LogP contribution in [-0.4, -0.2) is 31.1 Å². The summed E-state index contributed by atoms with van der Waals surface area (Å²) in [5.74, 6) is 0. The van der Waals surface area contributed by atoms with Gasteiger partial charge in [0.1, 0.15) is 0 Å². The summed E-state index contributed by atoms with van der Waals surface area (Å²) < 4.78 is 5.27. The molecule has 0 spiro atoms. The first-order valence-corrected chi connectivity index (χ1v) is 9.93. The van der Waals surface area contributed by atoms with E-state index in [1.165, 1.54) is 11.3 Å². The maximum Gasteiger partial charge on any atom is 0.196 e. The van der Waals surface area contributed by atoms with E-state index in [0.29, 0.717) is 0 Å². The first-order valence-electron chi connectivity index (χ1n) is 9.05. The Morgan fingerprint density at radius 1 is 1.19 bits per heavy atom. The maximum atomic E-state index is 5.27. The van der Waals surface area contributed by atoms with Crippen LogP contribution in [0.4, 0.5) is 11.4 Å². The predicted molar refractivity (Wildman–Crippen MR) is 113 cm³/mol. The van der Waals surface area contributed by atoms with Crippen molar-refractivity contribution in [3.8, 4) is 0 Å². The van der Waals surface area contributed by atoms with Gasteiger partial charge in [-0.2, -0.15) is 10.2 Å². The zero-order valence-electron chi connectivity index (χ0n) is 16.3. The van der Waals surface area contributed by atoms with Gasteiger partial charge in [0, 0.05) is 25.8 Å². The van der Waals surface area contributed by atoms with Crippen LogP contribution in [-0.2, 0) is 11.3 Å². The van der Waals surface area contributed by atoms with Crippen LogP contribution >= 0.6 is 11.8 Å². The van der Waals surface area contributed by atoms with Crippen molar-refractivity contribution in [2.45, 2.75) is 25.9 Å². The first-order chi connectivity index (χ1) is 13.1. The fourth-order valence-corrected chi connectivity index (χ4v) is 3.76. The zero-order chi connectivity index (χ0) is 19.2. The van der Waals surface area contributed by atoms with Gasteiger partial charge in [-0.05, 0) is 54.9 Å². The highest BCUT2D eigenvalue weighted by Crippen LogP contribution is 2.34. The summed E-state index contributed by atoms with van der Waals surface area (Å²) in [5.41, 5.74) is 4.45. The number of anilines is 1. The van der Waals surface area contributed by atoms with Gasteiger partial charge in [0.25, 0.3) is 0 Å². The lowest BCUT2D eigenvalue weighted by Gasteiger charge is -2.24. The van der Waals surface area contributed by atoms with Crippen LogP contribution in [0.2, 0.25) is 0 Å². The van der Waals surface area contributed by atoms with Gasteiger partial charge in [0.2, 0.25) is 0 Å². The highest BCUT2D eigenvalue weighted by Gasteiger charge is 2.22. The Morgan fingerprint density at radius 3 is 2.59 bits per heavy atom. The molecule has 0 fully saturated rings. The number of azo groups is 1. The molecule has 0 bridgehead atoms. The summed E-state index contributed by atoms with van der Waals surface area (Å²) >= 11 is 1.55. The third-order valence-electron chi connectivity index (χ3n) is 4.49. The van der Waals surface area contributed by atoms with E-state index in [1.807, 2.05) is 24.2 Å². The molecule has 0 aromatic heterocycles. The molecular formula is C21H26N4OS. The van der Waals surface area contributed by atoms with Crippen molar-refractivity contribution in [1.29, 1.82) is 0 Å². The number of methoxy groups -OCH3 is 1. The van der Waals surface area contributed by atoms with E-state index < -0.39 is 0 Å². The Balaban J connectivity index is 1.70. The molecule has 2 aromatic rings. The Hall–Kier alpha value is -2.47. The van der Waals surface area contributed by atoms with Crippen molar-refractivity contribution in [3.05, 3.63) is 70.9 Å². The average molecular weight is 383 g/mol. The molecule has 142 valence electrons. The molecule has 0 aliphatic carbocycles. The summed E-state index contributed by atoms with van der Waals surface area (Å²) in [5, 5.41) is 9.79. The number of benzene rings is 2. The molecule has 0 N–H and O–H groups in total. The van der Waals surface area contributed by atoms with Gasteiger partial charge >= 0.3 is 0 Å². The zero-order valence-corrected chi connectivity index (χ0v) is 17.1. The molecule has 1 aliphatic rings. The van der Waals surface area contributed by atoms with E-state index in [-0.39, 0.29) is 5.50 Å². The van der Waals surface area contributed by atoms with Gasteiger partial charge in [-0.15, -0.1) is 0 Å². The summed E-state index contributed by atoms with van der Waals surface area (Å²) in [6.07, 6.45) is 1.94. The second kappa shape index (κ2) is 8.95. The lowest BCUT2D eigenvalue weighted by Crippen LogP contribution is -2.21. The molecule has 2 aromatic carbocycles. The van der Waals surface area contributed by atoms with Crippen molar-refractivity contribution in [2.24, 2.45) is 10.2 Å². The molecule has 6 heteroatoms. The topological polar surface area (TPSA) is 40.4 Å². The molecule has 3 rings (SSSR count). The molecule has 0 saturated carbocycles. The summed E-state index contributed by atoms with van der Waals surface area (Å²) in [6.45, 7) is 6.11. The second-order valence-corrected chi connectivity index (χ2v) is 7.51. The molecule has 1 unspecified atom stereocenters. The van der Waals surface area contributed by atoms with Crippen molar-refractivity contribution in [1.82, 2.24) is 4.90 Å². The minimum Gasteiger partial charge on any atom is -0.489 e. The molecule has 27 heavy (non-hydrogen) atoms. The Bertz CT molecular complexity index is 822. The number of nitrogens with zero attached hydrogens (tertiary/aromatic N) is 4. The standard InChI is InChI=1S/C21H26N4OS/c1-5-25(14-17-9-7-6-8-10-17)18-11-12-19(16(2)13-18)22-23-21-24(3)15-20(26-4)27-21/h6-13,15,21H,5,14H2,1-4H3. The highest BCUT2D eigenvalue weighted by molar-refractivity contribution is 8.03. The second-order valence-electron chi connectivity index (χ2n) is 6.45. The summed E-state index contributed by atoms with van der Waals surface area (Å²) in [4.78, 5) is 4.36. The van der Waals surface area contributed by atoms with Crippen molar-refractivity contribution >= 4 is 23.1 Å². The van der Waals surface area contributed by atoms with Crippen molar-refractivity contribution in [3.63, 3.8) is 0 Å². The number of rotatable bonds is 7. The van der Waals surface area contributed by atoms with Crippen LogP contribution in [0.3, 0.4) is 0 Å². The lowest BCUT2D eigenvalue weighted by molar-refractivity contribution is 0.318. The third kappa shape index (κ3) is 4.83. The smallest absolute Gasteiger partial charge is 0.196 e. The van der Waals surface area contributed by atoms with E-state index >= 15 is 0 Å². The van der Waals surface area contributed by atoms with E-state index in [9.17, 15) is 0 Å². The van der Waals surface area contributed by atoms with Crippen LogP contribution in [0.5, 0.6) is 0 Å². The van der Waals surface area contributed by atoms with Crippen LogP contribution in [0, 0.1) is 6.92 Å². The van der Waals surface area contributed by atoms with Gasteiger partial charge in [0.15, 0.2) is 10.6 Å². The molecular weight excluding hydrogens is 356 g/mol. The largest absolute Gasteiger partial charge is 0.489 e. The number of aryl methyl sites for hydroxylation is 1. The monoisotopic (exact) mass is 382 g/mol. The number of ether oxygens (including phenoxy) is 1. The average Bonchev–Trinajstić information content (AvgIpc) is 3.06. The van der Waals surface area contributed by atoms with Gasteiger partial charge in [0.05, 0.1) is 19.0 Å². The van der Waals surface area contributed by atoms with Crippen LogP contribution in [0.25, 0.3) is 0 Å². The molecule has 1 atom stereocenters. The van der Waals surface area contributed by atoms with Gasteiger partial charge in [-0.3, -0.25) is 0 Å².